The molecule has 1 heterocycles. The van der Waals surface area contributed by atoms with E-state index in [4.69, 9.17) is 4.74 Å². The highest BCUT2D eigenvalue weighted by Crippen LogP contribution is 2.27. The molecule has 1 aliphatic rings. The predicted molar refractivity (Wildman–Crippen MR) is 104 cm³/mol. The molecule has 1 aliphatic heterocycles. The lowest BCUT2D eigenvalue weighted by Gasteiger charge is -2.31. The van der Waals surface area contributed by atoms with E-state index >= 15 is 0 Å². The number of nitrogens with zero attached hydrogens (tertiary/aromatic N) is 1. The van der Waals surface area contributed by atoms with Crippen molar-refractivity contribution in [1.82, 2.24) is 4.90 Å². The monoisotopic (exact) mass is 365 g/mol. The summed E-state index contributed by atoms with van der Waals surface area (Å²) < 4.78 is 5.41. The fraction of sp³-hybridized carbons (Fsp3) is 0.273. The van der Waals surface area contributed by atoms with Gasteiger partial charge in [-0.25, -0.2) is 0 Å². The number of ether oxygens (including phenoxy) is 1. The molecule has 5 heteroatoms. The Morgan fingerprint density at radius 2 is 1.67 bits per heavy atom. The molecule has 0 spiro atoms. The first kappa shape index (κ1) is 18.7. The van der Waals surface area contributed by atoms with Gasteiger partial charge in [0.25, 0.3) is 5.91 Å². The number of piperidine rings is 1. The van der Waals surface area contributed by atoms with E-state index in [9.17, 15) is 14.7 Å². The average molecular weight is 365 g/mol. The third-order valence-electron chi connectivity index (χ3n) is 4.89. The van der Waals surface area contributed by atoms with Crippen molar-refractivity contribution >= 4 is 23.5 Å². The summed E-state index contributed by atoms with van der Waals surface area (Å²) in [7, 11) is 1.60. The molecule has 27 heavy (non-hydrogen) atoms. The van der Waals surface area contributed by atoms with Crippen molar-refractivity contribution in [3.8, 4) is 5.75 Å². The van der Waals surface area contributed by atoms with Crippen LogP contribution in [0.4, 0.5) is 0 Å². The van der Waals surface area contributed by atoms with E-state index in [0.717, 1.165) is 11.1 Å². The summed E-state index contributed by atoms with van der Waals surface area (Å²) in [5.74, 6) is -0.540. The van der Waals surface area contributed by atoms with Crippen molar-refractivity contribution in [3.63, 3.8) is 0 Å². The number of carbonyl (C=O) groups is 2. The van der Waals surface area contributed by atoms with Gasteiger partial charge in [0.1, 0.15) is 5.75 Å². The maximum atomic E-state index is 13.2. The lowest BCUT2D eigenvalue weighted by atomic mass is 9.95. The van der Waals surface area contributed by atoms with Crippen molar-refractivity contribution < 1.29 is 19.4 Å². The molecule has 2 aromatic rings. The minimum absolute atomic E-state index is 0.0871. The Kier molecular flexibility index (Phi) is 5.91. The highest BCUT2D eigenvalue weighted by atomic mass is 16.5. The second-order valence-corrected chi connectivity index (χ2v) is 6.57. The zero-order valence-corrected chi connectivity index (χ0v) is 15.3. The number of benzene rings is 2. The molecular formula is C22H23NO4. The van der Waals surface area contributed by atoms with Crippen molar-refractivity contribution in [3.05, 3.63) is 65.7 Å². The maximum absolute atomic E-state index is 13.2. The zero-order chi connectivity index (χ0) is 19.2. The average Bonchev–Trinajstić information content (AvgIpc) is 2.72. The highest BCUT2D eigenvalue weighted by molar-refractivity contribution is 6.24. The fourth-order valence-electron chi connectivity index (χ4n) is 3.33. The molecule has 5 nitrogen and oxygen atoms in total. The minimum Gasteiger partial charge on any atom is -0.496 e. The van der Waals surface area contributed by atoms with Crippen LogP contribution < -0.4 is 4.74 Å². The number of carbonyl (C=O) groups excluding carboxylic acids is 1. The van der Waals surface area contributed by atoms with Crippen LogP contribution in [0.2, 0.25) is 0 Å². The van der Waals surface area contributed by atoms with Crippen molar-refractivity contribution in [2.24, 2.45) is 5.92 Å². The standard InChI is InChI=1S/C22H23NO4/c1-27-20-10-6-5-9-18(20)15-19(16-7-3-2-4-8-16)21(24)23-13-11-17(12-14-23)22(25)26/h2-10,15,17H,11-14H2,1H3,(H,25,26)/b19-15+. The van der Waals surface area contributed by atoms with Crippen LogP contribution in [-0.2, 0) is 9.59 Å². The predicted octanol–water partition coefficient (Wildman–Crippen LogP) is 3.56. The van der Waals surface area contributed by atoms with E-state index in [2.05, 4.69) is 0 Å². The molecule has 1 fully saturated rings. The van der Waals surface area contributed by atoms with E-state index in [1.54, 1.807) is 12.0 Å². The first-order valence-electron chi connectivity index (χ1n) is 9.02. The summed E-state index contributed by atoms with van der Waals surface area (Å²) >= 11 is 0. The number of amides is 1. The summed E-state index contributed by atoms with van der Waals surface area (Å²) in [6.45, 7) is 0.901. The zero-order valence-electron chi connectivity index (χ0n) is 15.3. The summed E-state index contributed by atoms with van der Waals surface area (Å²) in [6.07, 6.45) is 2.81. The van der Waals surface area contributed by atoms with Crippen molar-refractivity contribution in [2.45, 2.75) is 12.8 Å². The van der Waals surface area contributed by atoms with Crippen LogP contribution in [0.5, 0.6) is 5.75 Å². The number of carboxylic acid groups (broad SMARTS) is 1. The largest absolute Gasteiger partial charge is 0.496 e. The summed E-state index contributed by atoms with van der Waals surface area (Å²) in [6, 6.07) is 17.1. The van der Waals surface area contributed by atoms with Crippen molar-refractivity contribution in [2.75, 3.05) is 20.2 Å². The van der Waals surface area contributed by atoms with Crippen LogP contribution in [0.15, 0.2) is 54.6 Å². The number of rotatable bonds is 5. The van der Waals surface area contributed by atoms with Crippen LogP contribution >= 0.6 is 0 Å². The third kappa shape index (κ3) is 4.37. The summed E-state index contributed by atoms with van der Waals surface area (Å²) in [4.78, 5) is 26.2. The van der Waals surface area contributed by atoms with Crippen LogP contribution in [0, 0.1) is 5.92 Å². The van der Waals surface area contributed by atoms with Gasteiger partial charge in [0.15, 0.2) is 0 Å². The quantitative estimate of drug-likeness (QED) is 0.650. The number of para-hydroxylation sites is 1. The van der Waals surface area contributed by atoms with Gasteiger partial charge in [0.05, 0.1) is 13.0 Å². The Hall–Kier alpha value is -3.08. The Morgan fingerprint density at radius 3 is 2.30 bits per heavy atom. The molecule has 0 atom stereocenters. The van der Waals surface area contributed by atoms with Gasteiger partial charge >= 0.3 is 5.97 Å². The van der Waals surface area contributed by atoms with E-state index in [1.165, 1.54) is 0 Å². The summed E-state index contributed by atoms with van der Waals surface area (Å²) in [5.41, 5.74) is 2.23. The Balaban J connectivity index is 1.93. The van der Waals surface area contributed by atoms with Gasteiger partial charge < -0.3 is 14.7 Å². The SMILES string of the molecule is COc1ccccc1/C=C(/C(=O)N1CCC(C(=O)O)CC1)c1ccccc1. The molecular weight excluding hydrogens is 342 g/mol. The van der Waals surface area contributed by atoms with Gasteiger partial charge in [-0.15, -0.1) is 0 Å². The number of likely N-dealkylation sites (tertiary alicyclic amines) is 1. The molecule has 1 saturated heterocycles. The van der Waals surface area contributed by atoms with E-state index in [-0.39, 0.29) is 11.8 Å². The molecule has 0 unspecified atom stereocenters. The lowest BCUT2D eigenvalue weighted by molar-refractivity contribution is -0.144. The first-order chi connectivity index (χ1) is 13.1. The van der Waals surface area contributed by atoms with Crippen LogP contribution in [0.3, 0.4) is 0 Å². The van der Waals surface area contributed by atoms with E-state index in [0.29, 0.717) is 37.3 Å². The molecule has 1 N–H and O–H groups in total. The number of carboxylic acids is 1. The van der Waals surface area contributed by atoms with Gasteiger partial charge in [-0.3, -0.25) is 9.59 Å². The smallest absolute Gasteiger partial charge is 0.306 e. The van der Waals surface area contributed by atoms with Crippen LogP contribution in [0.25, 0.3) is 11.6 Å². The molecule has 0 bridgehead atoms. The fourth-order valence-corrected chi connectivity index (χ4v) is 3.33. The normalized spacial score (nSPS) is 15.4. The molecule has 0 aliphatic carbocycles. The Labute approximate surface area is 158 Å². The maximum Gasteiger partial charge on any atom is 0.306 e. The van der Waals surface area contributed by atoms with Gasteiger partial charge in [-0.05, 0) is 30.5 Å². The second-order valence-electron chi connectivity index (χ2n) is 6.57. The van der Waals surface area contributed by atoms with Crippen LogP contribution in [0.1, 0.15) is 24.0 Å². The molecule has 0 saturated carbocycles. The van der Waals surface area contributed by atoms with Gasteiger partial charge in [-0.1, -0.05) is 48.5 Å². The topological polar surface area (TPSA) is 66.8 Å². The number of hydrogen-bond donors (Lipinski definition) is 1. The molecule has 3 rings (SSSR count). The van der Waals surface area contributed by atoms with Gasteiger partial charge in [-0.2, -0.15) is 0 Å². The van der Waals surface area contributed by atoms with E-state index in [1.807, 2.05) is 60.7 Å². The minimum atomic E-state index is -0.782. The van der Waals surface area contributed by atoms with Gasteiger partial charge in [0.2, 0.25) is 0 Å². The number of methoxy groups -OCH3 is 1. The van der Waals surface area contributed by atoms with E-state index < -0.39 is 5.97 Å². The first-order valence-corrected chi connectivity index (χ1v) is 9.02. The van der Waals surface area contributed by atoms with Crippen molar-refractivity contribution in [1.29, 1.82) is 0 Å². The summed E-state index contributed by atoms with van der Waals surface area (Å²) in [5, 5.41) is 9.17. The molecule has 1 amide bonds. The van der Waals surface area contributed by atoms with Gasteiger partial charge in [0, 0.05) is 24.2 Å². The van der Waals surface area contributed by atoms with Crippen LogP contribution in [-0.4, -0.2) is 42.1 Å². The molecule has 140 valence electrons. The second kappa shape index (κ2) is 8.54. The molecule has 0 aromatic heterocycles. The lowest BCUT2D eigenvalue weighted by Crippen LogP contribution is -2.40. The molecule has 2 aromatic carbocycles. The molecule has 0 radical (unpaired) electrons. The Bertz CT molecular complexity index is 836. The number of aliphatic carboxylic acids is 1. The number of hydrogen-bond acceptors (Lipinski definition) is 3. The highest BCUT2D eigenvalue weighted by Gasteiger charge is 2.28. The third-order valence-corrected chi connectivity index (χ3v) is 4.89. The Morgan fingerprint density at radius 1 is 1.04 bits per heavy atom.